The van der Waals surface area contributed by atoms with Crippen LogP contribution in [-0.2, 0) is 6.42 Å². The molecule has 3 rings (SSSR count). The van der Waals surface area contributed by atoms with Crippen LogP contribution < -0.4 is 11.5 Å². The molecular weight excluding hydrogens is 284 g/mol. The second-order valence-corrected chi connectivity index (χ2v) is 5.92. The maximum atomic E-state index is 5.39. The second-order valence-electron chi connectivity index (χ2n) is 5.00. The summed E-state index contributed by atoms with van der Waals surface area (Å²) in [5, 5.41) is 11.1. The van der Waals surface area contributed by atoms with Gasteiger partial charge in [0.1, 0.15) is 0 Å². The van der Waals surface area contributed by atoms with Gasteiger partial charge in [0.15, 0.2) is 0 Å². The van der Waals surface area contributed by atoms with Crippen molar-refractivity contribution in [2.24, 2.45) is 21.7 Å². The summed E-state index contributed by atoms with van der Waals surface area (Å²) >= 11 is 1.66. The maximum Gasteiger partial charge on any atom is 0.211 e. The molecule has 0 bridgehead atoms. The van der Waals surface area contributed by atoms with E-state index in [2.05, 4.69) is 27.1 Å². The van der Waals surface area contributed by atoms with Crippen molar-refractivity contribution in [3.8, 4) is 0 Å². The summed E-state index contributed by atoms with van der Waals surface area (Å²) < 4.78 is 0. The van der Waals surface area contributed by atoms with Crippen molar-refractivity contribution in [3.63, 3.8) is 0 Å². The zero-order valence-electron chi connectivity index (χ0n) is 11.7. The molecule has 0 saturated carbocycles. The van der Waals surface area contributed by atoms with Gasteiger partial charge < -0.3 is 11.5 Å². The van der Waals surface area contributed by atoms with Crippen molar-refractivity contribution in [1.29, 1.82) is 0 Å². The Kier molecular flexibility index (Phi) is 3.66. The van der Waals surface area contributed by atoms with E-state index in [1.54, 1.807) is 11.3 Å². The minimum Gasteiger partial charge on any atom is -0.369 e. The van der Waals surface area contributed by atoms with Gasteiger partial charge in [0.25, 0.3) is 0 Å². The van der Waals surface area contributed by atoms with Crippen molar-refractivity contribution in [2.75, 3.05) is 0 Å². The van der Waals surface area contributed by atoms with Crippen LogP contribution in [0.5, 0.6) is 0 Å². The second kappa shape index (κ2) is 5.61. The van der Waals surface area contributed by atoms with Crippen LogP contribution >= 0.6 is 11.3 Å². The minimum atomic E-state index is -0.0398. The number of guanidine groups is 1. The van der Waals surface area contributed by atoms with E-state index in [1.807, 2.05) is 23.8 Å². The summed E-state index contributed by atoms with van der Waals surface area (Å²) in [4.78, 5) is 8.92. The molecular formula is C14H16N6S. The lowest BCUT2D eigenvalue weighted by Crippen LogP contribution is -2.24. The topological polar surface area (TPSA) is 103 Å². The first-order chi connectivity index (χ1) is 10.1. The summed E-state index contributed by atoms with van der Waals surface area (Å²) in [6.45, 7) is 2.05. The van der Waals surface area contributed by atoms with Gasteiger partial charge in [-0.25, -0.2) is 4.98 Å². The highest BCUT2D eigenvalue weighted by atomic mass is 32.1. The van der Waals surface area contributed by atoms with E-state index < -0.39 is 0 Å². The molecule has 1 aliphatic carbocycles. The number of hydrogen-bond acceptors (Lipinski definition) is 5. The van der Waals surface area contributed by atoms with Gasteiger partial charge in [-0.2, -0.15) is 5.10 Å². The monoisotopic (exact) mass is 300 g/mol. The highest BCUT2D eigenvalue weighted by molar-refractivity contribution is 7.09. The molecule has 2 aromatic rings. The highest BCUT2D eigenvalue weighted by Crippen LogP contribution is 2.34. The highest BCUT2D eigenvalue weighted by Gasteiger charge is 2.28. The van der Waals surface area contributed by atoms with E-state index in [0.29, 0.717) is 0 Å². The standard InChI is InChI=1S/C14H16N6S/c1-8-2-3-17-10-6-9(13-18-4-5-21-13)7-11(12(8)10)19-20-14(15)16/h2-5,9H,6-7H2,1H3,(H4,15,16,20)/b19-11-. The first kappa shape index (κ1) is 13.7. The average molecular weight is 300 g/mol. The fourth-order valence-corrected chi connectivity index (χ4v) is 3.37. The fourth-order valence-electron chi connectivity index (χ4n) is 2.62. The predicted molar refractivity (Wildman–Crippen MR) is 84.5 cm³/mol. The lowest BCUT2D eigenvalue weighted by Gasteiger charge is -2.24. The Balaban J connectivity index is 2.06. The molecule has 1 aliphatic rings. The summed E-state index contributed by atoms with van der Waals surface area (Å²) in [6, 6.07) is 1.98. The van der Waals surface area contributed by atoms with Gasteiger partial charge >= 0.3 is 0 Å². The number of nitrogens with two attached hydrogens (primary N) is 2. The van der Waals surface area contributed by atoms with Gasteiger partial charge in [0.2, 0.25) is 5.96 Å². The van der Waals surface area contributed by atoms with Crippen molar-refractivity contribution in [1.82, 2.24) is 9.97 Å². The van der Waals surface area contributed by atoms with Crippen LogP contribution in [0.1, 0.15) is 34.2 Å². The molecule has 6 nitrogen and oxygen atoms in total. The van der Waals surface area contributed by atoms with Gasteiger partial charge in [0, 0.05) is 35.7 Å². The predicted octanol–water partition coefficient (Wildman–Crippen LogP) is 1.55. The van der Waals surface area contributed by atoms with Crippen LogP contribution in [0.15, 0.2) is 34.0 Å². The van der Waals surface area contributed by atoms with Gasteiger partial charge in [-0.3, -0.25) is 4.98 Å². The molecule has 2 aromatic heterocycles. The third kappa shape index (κ3) is 2.78. The molecule has 0 spiro atoms. The largest absolute Gasteiger partial charge is 0.369 e. The number of nitrogens with zero attached hydrogens (tertiary/aromatic N) is 4. The molecule has 0 aromatic carbocycles. The van der Waals surface area contributed by atoms with Crippen LogP contribution in [0, 0.1) is 6.92 Å². The molecule has 1 atom stereocenters. The van der Waals surface area contributed by atoms with Gasteiger partial charge in [-0.05, 0) is 25.0 Å². The Morgan fingerprint density at radius 3 is 2.86 bits per heavy atom. The summed E-state index contributed by atoms with van der Waals surface area (Å²) in [6.07, 6.45) is 5.29. The van der Waals surface area contributed by atoms with E-state index >= 15 is 0 Å². The van der Waals surface area contributed by atoms with E-state index in [1.165, 1.54) is 0 Å². The zero-order chi connectivity index (χ0) is 14.8. The molecule has 0 saturated heterocycles. The molecule has 0 aliphatic heterocycles. The quantitative estimate of drug-likeness (QED) is 0.499. The van der Waals surface area contributed by atoms with E-state index in [-0.39, 0.29) is 11.9 Å². The van der Waals surface area contributed by atoms with E-state index in [9.17, 15) is 0 Å². The Hall–Kier alpha value is -2.28. The molecule has 108 valence electrons. The number of aryl methyl sites for hydroxylation is 1. The summed E-state index contributed by atoms with van der Waals surface area (Å²) in [5.74, 6) is 0.238. The number of aromatic nitrogens is 2. The number of thiazole rings is 1. The average Bonchev–Trinajstić information content (AvgIpc) is 2.98. The van der Waals surface area contributed by atoms with Crippen LogP contribution in [-0.4, -0.2) is 21.6 Å². The molecule has 0 amide bonds. The zero-order valence-corrected chi connectivity index (χ0v) is 12.5. The molecule has 1 unspecified atom stereocenters. The van der Waals surface area contributed by atoms with Crippen molar-refractivity contribution < 1.29 is 0 Å². The van der Waals surface area contributed by atoms with Crippen LogP contribution in [0.25, 0.3) is 0 Å². The van der Waals surface area contributed by atoms with Gasteiger partial charge in [-0.1, -0.05) is 0 Å². The van der Waals surface area contributed by atoms with E-state index in [4.69, 9.17) is 11.5 Å². The molecule has 7 heteroatoms. The number of fused-ring (bicyclic) bond motifs is 1. The molecule has 4 N–H and O–H groups in total. The maximum absolute atomic E-state index is 5.39. The van der Waals surface area contributed by atoms with Crippen molar-refractivity contribution >= 4 is 23.0 Å². The summed E-state index contributed by atoms with van der Waals surface area (Å²) in [7, 11) is 0. The Labute approximate surface area is 126 Å². The first-order valence-corrected chi connectivity index (χ1v) is 7.53. The minimum absolute atomic E-state index is 0.0398. The fraction of sp³-hybridized carbons (Fsp3) is 0.286. The van der Waals surface area contributed by atoms with Crippen LogP contribution in [0.2, 0.25) is 0 Å². The normalized spacial score (nSPS) is 19.3. The number of pyridine rings is 1. The molecule has 0 fully saturated rings. The molecule has 21 heavy (non-hydrogen) atoms. The van der Waals surface area contributed by atoms with Crippen LogP contribution in [0.4, 0.5) is 0 Å². The van der Waals surface area contributed by atoms with Gasteiger partial charge in [-0.15, -0.1) is 16.4 Å². The lowest BCUT2D eigenvalue weighted by molar-refractivity contribution is 0.672. The molecule has 2 heterocycles. The SMILES string of the molecule is Cc1ccnc2c1/C(=N\N=C(N)N)CC(c1nccs1)C2. The lowest BCUT2D eigenvalue weighted by atomic mass is 9.84. The van der Waals surface area contributed by atoms with Crippen molar-refractivity contribution in [2.45, 2.75) is 25.7 Å². The third-order valence-electron chi connectivity index (χ3n) is 3.49. The number of rotatable bonds is 2. The first-order valence-electron chi connectivity index (χ1n) is 6.65. The van der Waals surface area contributed by atoms with Gasteiger partial charge in [0.05, 0.1) is 16.4 Å². The smallest absolute Gasteiger partial charge is 0.211 e. The molecule has 0 radical (unpaired) electrons. The van der Waals surface area contributed by atoms with Crippen LogP contribution in [0.3, 0.4) is 0 Å². The summed E-state index contributed by atoms with van der Waals surface area (Å²) in [5.41, 5.74) is 14.9. The Morgan fingerprint density at radius 2 is 2.14 bits per heavy atom. The Morgan fingerprint density at radius 1 is 1.29 bits per heavy atom. The number of hydrogen-bond donors (Lipinski definition) is 2. The Bertz CT molecular complexity index is 700. The third-order valence-corrected chi connectivity index (χ3v) is 4.43. The van der Waals surface area contributed by atoms with Crippen molar-refractivity contribution in [3.05, 3.63) is 45.7 Å². The van der Waals surface area contributed by atoms with E-state index in [0.717, 1.165) is 40.4 Å².